The van der Waals surface area contributed by atoms with Gasteiger partial charge in [-0.3, -0.25) is 9.59 Å². The molecule has 1 unspecified atom stereocenters. The van der Waals surface area contributed by atoms with Crippen molar-refractivity contribution in [3.63, 3.8) is 0 Å². The fraction of sp³-hybridized carbons (Fsp3) is 0.160. The molecule has 4 N–H and O–H groups in total. The van der Waals surface area contributed by atoms with Crippen LogP contribution in [0.4, 0.5) is 5.69 Å². The number of anilines is 1. The Morgan fingerprint density at radius 3 is 2.71 bits per heavy atom. The number of pyridine rings is 1. The summed E-state index contributed by atoms with van der Waals surface area (Å²) in [6, 6.07) is 13.9. The minimum Gasteiger partial charge on any atom is -0.495 e. The summed E-state index contributed by atoms with van der Waals surface area (Å²) in [6.07, 6.45) is 0. The Labute approximate surface area is 199 Å². The zero-order valence-electron chi connectivity index (χ0n) is 18.8. The van der Waals surface area contributed by atoms with E-state index in [4.69, 9.17) is 24.7 Å². The van der Waals surface area contributed by atoms with Crippen molar-refractivity contribution in [2.45, 2.75) is 12.8 Å². The van der Waals surface area contributed by atoms with E-state index < -0.39 is 17.4 Å². The summed E-state index contributed by atoms with van der Waals surface area (Å²) in [5, 5.41) is 13.3. The molecular weight excluding hydrogens is 452 g/mol. The maximum absolute atomic E-state index is 13.5. The molecule has 3 heterocycles. The molecule has 3 aromatic rings. The lowest BCUT2D eigenvalue weighted by atomic mass is 9.82. The number of H-pyrrole nitrogens is 1. The van der Waals surface area contributed by atoms with E-state index in [0.29, 0.717) is 33.8 Å². The van der Waals surface area contributed by atoms with Gasteiger partial charge in [0.1, 0.15) is 23.2 Å². The number of allylic oxidation sites excluding steroid dienone is 2. The minimum absolute atomic E-state index is 0.0497. The summed E-state index contributed by atoms with van der Waals surface area (Å²) in [5.41, 5.74) is 6.64. The fourth-order valence-electron chi connectivity index (χ4n) is 4.25. The summed E-state index contributed by atoms with van der Waals surface area (Å²) in [5.74, 6) is -0.148. The van der Waals surface area contributed by atoms with Gasteiger partial charge >= 0.3 is 0 Å². The van der Waals surface area contributed by atoms with Crippen molar-refractivity contribution in [3.8, 4) is 23.3 Å². The topological polar surface area (TPSA) is 149 Å². The first-order valence-corrected chi connectivity index (χ1v) is 10.6. The number of nitriles is 1. The Balaban J connectivity index is 1.64. The highest BCUT2D eigenvalue weighted by Crippen LogP contribution is 2.41. The van der Waals surface area contributed by atoms with Gasteiger partial charge in [0.2, 0.25) is 12.7 Å². The predicted octanol–water partition coefficient (Wildman–Crippen LogP) is 2.99. The summed E-state index contributed by atoms with van der Waals surface area (Å²) in [7, 11) is 1.49. The van der Waals surface area contributed by atoms with Crippen molar-refractivity contribution in [2.24, 2.45) is 5.73 Å². The quantitative estimate of drug-likeness (QED) is 0.525. The van der Waals surface area contributed by atoms with Crippen LogP contribution in [0, 0.1) is 11.3 Å². The molecule has 5 rings (SSSR count). The molecule has 10 nitrogen and oxygen atoms in total. The minimum atomic E-state index is -1.07. The number of carbonyl (C=O) groups is 1. The summed E-state index contributed by atoms with van der Waals surface area (Å²) >= 11 is 0. The van der Waals surface area contributed by atoms with Gasteiger partial charge in [0.25, 0.3) is 11.5 Å². The molecule has 1 atom stereocenters. The molecule has 0 spiro atoms. The molecule has 0 saturated carbocycles. The lowest BCUT2D eigenvalue weighted by Crippen LogP contribution is -2.31. The molecule has 2 aromatic carbocycles. The number of benzene rings is 2. The molecule has 2 aliphatic rings. The number of rotatable bonds is 4. The Kier molecular flexibility index (Phi) is 5.30. The van der Waals surface area contributed by atoms with Gasteiger partial charge in [-0.05, 0) is 31.2 Å². The molecule has 176 valence electrons. The third-order valence-electron chi connectivity index (χ3n) is 5.88. The van der Waals surface area contributed by atoms with E-state index in [1.807, 2.05) is 6.07 Å². The van der Waals surface area contributed by atoms with E-state index >= 15 is 0 Å². The highest BCUT2D eigenvalue weighted by atomic mass is 16.7. The second kappa shape index (κ2) is 8.46. The predicted molar refractivity (Wildman–Crippen MR) is 126 cm³/mol. The Morgan fingerprint density at radius 1 is 1.23 bits per heavy atom. The Morgan fingerprint density at radius 2 is 1.97 bits per heavy atom. The maximum Gasteiger partial charge on any atom is 0.256 e. The van der Waals surface area contributed by atoms with Crippen molar-refractivity contribution >= 4 is 22.5 Å². The fourth-order valence-corrected chi connectivity index (χ4v) is 4.25. The SMILES string of the molecule is COc1ccccc1NC(=O)C1=C(C)OC(N)=C(C#N)C1c1cc2cc3c(cc2[nH]c1=O)OCO3. The molecule has 0 radical (unpaired) electrons. The molecule has 0 aliphatic carbocycles. The third kappa shape index (κ3) is 3.69. The molecule has 0 fully saturated rings. The van der Waals surface area contributed by atoms with E-state index in [1.54, 1.807) is 49.4 Å². The Hall–Kier alpha value is -4.91. The normalized spacial score (nSPS) is 16.7. The smallest absolute Gasteiger partial charge is 0.256 e. The lowest BCUT2D eigenvalue weighted by Gasteiger charge is -2.27. The van der Waals surface area contributed by atoms with Crippen LogP contribution in [-0.4, -0.2) is 24.8 Å². The van der Waals surface area contributed by atoms with E-state index in [-0.39, 0.29) is 35.1 Å². The molecule has 2 aliphatic heterocycles. The van der Waals surface area contributed by atoms with Gasteiger partial charge in [-0.15, -0.1) is 0 Å². The van der Waals surface area contributed by atoms with Crippen molar-refractivity contribution in [1.82, 2.24) is 4.98 Å². The number of aromatic nitrogens is 1. The van der Waals surface area contributed by atoms with E-state index in [2.05, 4.69) is 10.3 Å². The molecule has 10 heteroatoms. The van der Waals surface area contributed by atoms with Crippen LogP contribution in [0.2, 0.25) is 0 Å². The molecule has 35 heavy (non-hydrogen) atoms. The largest absolute Gasteiger partial charge is 0.495 e. The van der Waals surface area contributed by atoms with Gasteiger partial charge in [-0.2, -0.15) is 5.26 Å². The molecule has 0 bridgehead atoms. The van der Waals surface area contributed by atoms with Crippen LogP contribution in [0.3, 0.4) is 0 Å². The van der Waals surface area contributed by atoms with Gasteiger partial charge in [0.15, 0.2) is 11.5 Å². The van der Waals surface area contributed by atoms with Gasteiger partial charge in [0, 0.05) is 17.0 Å². The van der Waals surface area contributed by atoms with Gasteiger partial charge in [-0.25, -0.2) is 0 Å². The van der Waals surface area contributed by atoms with Crippen molar-refractivity contribution < 1.29 is 23.7 Å². The average molecular weight is 472 g/mol. The standard InChI is InChI=1S/C25H20N4O6/c1-12-21(25(31)28-16-5-3-4-6-18(16)32-2)22(15(10-26)23(27)35-12)14-7-13-8-19-20(34-11-33-19)9-17(13)29-24(14)30/h3-9,22H,11,27H2,1-2H3,(H,28,31)(H,29,30). The molecule has 1 amide bonds. The van der Waals surface area contributed by atoms with Crippen LogP contribution in [-0.2, 0) is 9.53 Å². The van der Waals surface area contributed by atoms with E-state index in [0.717, 1.165) is 0 Å². The van der Waals surface area contributed by atoms with Gasteiger partial charge in [-0.1, -0.05) is 12.1 Å². The first-order valence-electron chi connectivity index (χ1n) is 10.6. The Bertz CT molecular complexity index is 1550. The molecule has 1 aromatic heterocycles. The van der Waals surface area contributed by atoms with E-state index in [9.17, 15) is 14.9 Å². The zero-order chi connectivity index (χ0) is 24.7. The number of amides is 1. The number of nitrogens with zero attached hydrogens (tertiary/aromatic N) is 1. The highest BCUT2D eigenvalue weighted by Gasteiger charge is 2.37. The van der Waals surface area contributed by atoms with E-state index in [1.165, 1.54) is 7.11 Å². The molecule has 0 saturated heterocycles. The van der Waals surface area contributed by atoms with Crippen molar-refractivity contribution in [2.75, 3.05) is 19.2 Å². The average Bonchev–Trinajstić information content (AvgIpc) is 3.29. The lowest BCUT2D eigenvalue weighted by molar-refractivity contribution is -0.113. The highest BCUT2D eigenvalue weighted by molar-refractivity contribution is 6.06. The number of hydrogen-bond acceptors (Lipinski definition) is 8. The van der Waals surface area contributed by atoms with Crippen molar-refractivity contribution in [1.29, 1.82) is 5.26 Å². The number of ether oxygens (including phenoxy) is 4. The number of nitrogens with two attached hydrogens (primary N) is 1. The summed E-state index contributed by atoms with van der Waals surface area (Å²) in [4.78, 5) is 29.5. The second-order valence-corrected chi connectivity index (χ2v) is 7.90. The van der Waals surface area contributed by atoms with Crippen LogP contribution >= 0.6 is 0 Å². The number of aromatic amines is 1. The van der Waals surface area contributed by atoms with Gasteiger partial charge < -0.3 is 35.0 Å². The van der Waals surface area contributed by atoms with Crippen LogP contribution in [0.1, 0.15) is 18.4 Å². The van der Waals surface area contributed by atoms with Crippen LogP contribution < -0.4 is 30.8 Å². The number of carbonyl (C=O) groups excluding carboxylic acids is 1. The second-order valence-electron chi connectivity index (χ2n) is 7.90. The first-order chi connectivity index (χ1) is 16.9. The number of nitrogens with one attached hydrogen (secondary N) is 2. The summed E-state index contributed by atoms with van der Waals surface area (Å²) in [6.45, 7) is 1.63. The number of hydrogen-bond donors (Lipinski definition) is 3. The summed E-state index contributed by atoms with van der Waals surface area (Å²) < 4.78 is 21.7. The van der Waals surface area contributed by atoms with Crippen LogP contribution in [0.15, 0.2) is 70.0 Å². The monoisotopic (exact) mass is 472 g/mol. The van der Waals surface area contributed by atoms with Crippen LogP contribution in [0.25, 0.3) is 10.9 Å². The number of methoxy groups -OCH3 is 1. The van der Waals surface area contributed by atoms with Gasteiger partial charge in [0.05, 0.1) is 29.8 Å². The number of para-hydroxylation sites is 2. The van der Waals surface area contributed by atoms with Crippen LogP contribution in [0.5, 0.6) is 17.2 Å². The third-order valence-corrected chi connectivity index (χ3v) is 5.88. The number of fused-ring (bicyclic) bond motifs is 2. The molecular formula is C25H20N4O6. The maximum atomic E-state index is 13.5. The van der Waals surface area contributed by atoms with Crippen molar-refractivity contribution in [3.05, 3.63) is 81.2 Å². The first kappa shape index (κ1) is 21.9. The zero-order valence-corrected chi connectivity index (χ0v) is 18.8.